The predicted octanol–water partition coefficient (Wildman–Crippen LogP) is 4.89. The molecule has 0 N–H and O–H groups in total. The quantitative estimate of drug-likeness (QED) is 0.612. The summed E-state index contributed by atoms with van der Waals surface area (Å²) in [7, 11) is 0. The second-order valence-corrected chi connectivity index (χ2v) is 4.37. The molecule has 0 fully saturated rings. The Bertz CT molecular complexity index is 127. The van der Waals surface area contributed by atoms with Crippen LogP contribution < -0.4 is 0 Å². The predicted molar refractivity (Wildman–Crippen MR) is 60.6 cm³/mol. The van der Waals surface area contributed by atoms with Crippen molar-refractivity contribution in [2.24, 2.45) is 5.92 Å². The molecule has 1 atom stereocenters. The minimum Gasteiger partial charge on any atom is -0.0775 e. The van der Waals surface area contributed by atoms with Gasteiger partial charge in [-0.3, -0.25) is 0 Å². The van der Waals surface area contributed by atoms with Gasteiger partial charge < -0.3 is 0 Å². The molecule has 0 aromatic rings. The smallest absolute Gasteiger partial charge is 0.00892 e. The Morgan fingerprint density at radius 1 is 1.42 bits per heavy atom. The van der Waals surface area contributed by atoms with Crippen molar-refractivity contribution in [2.75, 3.05) is 0 Å². The maximum absolute atomic E-state index is 3.57. The fourth-order valence-corrected chi connectivity index (χ4v) is 1.79. The molecule has 0 saturated heterocycles. The molecule has 0 aliphatic carbocycles. The van der Waals surface area contributed by atoms with Gasteiger partial charge in [-0.15, -0.1) is 0 Å². The van der Waals surface area contributed by atoms with Crippen LogP contribution in [0.2, 0.25) is 0 Å². The molecule has 0 aromatic carbocycles. The van der Waals surface area contributed by atoms with Crippen molar-refractivity contribution in [1.82, 2.24) is 0 Å². The molecule has 0 heterocycles. The highest BCUT2D eigenvalue weighted by Gasteiger charge is 2.06. The first-order valence-corrected chi connectivity index (χ1v) is 5.84. The van der Waals surface area contributed by atoms with Crippen LogP contribution in [-0.2, 0) is 0 Å². The molecule has 0 amide bonds. The Morgan fingerprint density at radius 3 is 2.50 bits per heavy atom. The van der Waals surface area contributed by atoms with Gasteiger partial charge in [0.2, 0.25) is 0 Å². The first-order valence-electron chi connectivity index (χ1n) is 5.05. The summed E-state index contributed by atoms with van der Waals surface area (Å²) in [4.78, 5) is 0. The van der Waals surface area contributed by atoms with E-state index < -0.39 is 0 Å². The molecule has 0 aliphatic rings. The highest BCUT2D eigenvalue weighted by Crippen LogP contribution is 2.24. The Labute approximate surface area is 85.6 Å². The average molecular weight is 233 g/mol. The molecule has 0 aromatic heterocycles. The molecule has 0 saturated carbocycles. The van der Waals surface area contributed by atoms with Crippen molar-refractivity contribution in [2.45, 2.75) is 52.9 Å². The summed E-state index contributed by atoms with van der Waals surface area (Å²) >= 11 is 3.57. The minimum absolute atomic E-state index is 0.885. The van der Waals surface area contributed by atoms with Gasteiger partial charge in [0.05, 0.1) is 0 Å². The molecule has 1 unspecified atom stereocenters. The summed E-state index contributed by atoms with van der Waals surface area (Å²) < 4.78 is 1.37. The first kappa shape index (κ1) is 12.2. The third kappa shape index (κ3) is 5.82. The highest BCUT2D eigenvalue weighted by molar-refractivity contribution is 9.11. The lowest BCUT2D eigenvalue weighted by Crippen LogP contribution is -1.98. The van der Waals surface area contributed by atoms with Crippen molar-refractivity contribution >= 4 is 15.9 Å². The highest BCUT2D eigenvalue weighted by atomic mass is 79.9. The molecule has 0 aliphatic heterocycles. The molecule has 72 valence electrons. The molecule has 0 radical (unpaired) electrons. The van der Waals surface area contributed by atoms with E-state index in [4.69, 9.17) is 0 Å². The van der Waals surface area contributed by atoms with Crippen molar-refractivity contribution in [3.63, 3.8) is 0 Å². The maximum atomic E-state index is 3.57. The summed E-state index contributed by atoms with van der Waals surface area (Å²) in [5.41, 5.74) is 0. The maximum Gasteiger partial charge on any atom is -0.00892 e. The van der Waals surface area contributed by atoms with Crippen molar-refractivity contribution in [3.05, 3.63) is 10.6 Å². The van der Waals surface area contributed by atoms with Gasteiger partial charge in [-0.1, -0.05) is 61.5 Å². The van der Waals surface area contributed by atoms with Crippen LogP contribution in [0.15, 0.2) is 10.6 Å². The lowest BCUT2D eigenvalue weighted by Gasteiger charge is -2.13. The van der Waals surface area contributed by atoms with Crippen LogP contribution in [0.3, 0.4) is 0 Å². The van der Waals surface area contributed by atoms with Gasteiger partial charge in [-0.05, 0) is 23.7 Å². The number of unbranched alkanes of at least 4 members (excludes halogenated alkanes) is 1. The second-order valence-electron chi connectivity index (χ2n) is 3.36. The van der Waals surface area contributed by atoms with E-state index in [9.17, 15) is 0 Å². The zero-order chi connectivity index (χ0) is 9.40. The van der Waals surface area contributed by atoms with E-state index in [0.29, 0.717) is 0 Å². The SMILES string of the molecule is CC=C(Br)CC(CC)CCCC. The molecule has 0 rings (SSSR count). The van der Waals surface area contributed by atoms with Gasteiger partial charge in [-0.25, -0.2) is 0 Å². The molecule has 1 heteroatoms. The van der Waals surface area contributed by atoms with E-state index >= 15 is 0 Å². The summed E-state index contributed by atoms with van der Waals surface area (Å²) in [6.07, 6.45) is 8.78. The molecular weight excluding hydrogens is 212 g/mol. The van der Waals surface area contributed by atoms with Gasteiger partial charge in [0, 0.05) is 0 Å². The Kier molecular flexibility index (Phi) is 7.99. The van der Waals surface area contributed by atoms with E-state index in [2.05, 4.69) is 42.8 Å². The Morgan fingerprint density at radius 2 is 2.08 bits per heavy atom. The van der Waals surface area contributed by atoms with Gasteiger partial charge in [-0.2, -0.15) is 0 Å². The normalized spacial score (nSPS) is 14.8. The monoisotopic (exact) mass is 232 g/mol. The topological polar surface area (TPSA) is 0 Å². The van der Waals surface area contributed by atoms with Gasteiger partial charge in [0.25, 0.3) is 0 Å². The second kappa shape index (κ2) is 7.85. The van der Waals surface area contributed by atoms with Crippen LogP contribution in [0.4, 0.5) is 0 Å². The van der Waals surface area contributed by atoms with E-state index in [-0.39, 0.29) is 0 Å². The lowest BCUT2D eigenvalue weighted by atomic mass is 9.96. The zero-order valence-electron chi connectivity index (χ0n) is 8.57. The molecule has 0 spiro atoms. The van der Waals surface area contributed by atoms with E-state index in [1.165, 1.54) is 36.6 Å². The number of hydrogen-bond acceptors (Lipinski definition) is 0. The molecule has 12 heavy (non-hydrogen) atoms. The minimum atomic E-state index is 0.885. The van der Waals surface area contributed by atoms with Crippen LogP contribution >= 0.6 is 15.9 Å². The fourth-order valence-electron chi connectivity index (χ4n) is 1.34. The Balaban J connectivity index is 3.67. The summed E-state index contributed by atoms with van der Waals surface area (Å²) in [5, 5.41) is 0. The van der Waals surface area contributed by atoms with E-state index in [0.717, 1.165) is 5.92 Å². The lowest BCUT2D eigenvalue weighted by molar-refractivity contribution is 0.454. The summed E-state index contributed by atoms with van der Waals surface area (Å²) in [6.45, 7) is 6.64. The zero-order valence-corrected chi connectivity index (χ0v) is 10.2. The van der Waals surface area contributed by atoms with Gasteiger partial charge in [0.1, 0.15) is 0 Å². The standard InChI is InChI=1S/C11H21Br/c1-4-7-8-10(5-2)9-11(12)6-3/h6,10H,4-5,7-9H2,1-3H3. The summed E-state index contributed by atoms with van der Waals surface area (Å²) in [5.74, 6) is 0.885. The molecule has 0 bridgehead atoms. The third-order valence-electron chi connectivity index (χ3n) is 2.34. The van der Waals surface area contributed by atoms with Gasteiger partial charge >= 0.3 is 0 Å². The first-order chi connectivity index (χ1) is 5.74. The molecular formula is C11H21Br. The number of hydrogen-bond donors (Lipinski definition) is 0. The van der Waals surface area contributed by atoms with Crippen molar-refractivity contribution in [1.29, 1.82) is 0 Å². The van der Waals surface area contributed by atoms with Crippen LogP contribution in [0.1, 0.15) is 52.9 Å². The van der Waals surface area contributed by atoms with E-state index in [1.807, 2.05) is 0 Å². The van der Waals surface area contributed by atoms with Crippen LogP contribution in [0, 0.1) is 5.92 Å². The van der Waals surface area contributed by atoms with Gasteiger partial charge in [0.15, 0.2) is 0 Å². The van der Waals surface area contributed by atoms with Crippen LogP contribution in [0.5, 0.6) is 0 Å². The van der Waals surface area contributed by atoms with Crippen molar-refractivity contribution in [3.8, 4) is 0 Å². The number of allylic oxidation sites excluding steroid dienone is 2. The molecule has 0 nitrogen and oxygen atoms in total. The van der Waals surface area contributed by atoms with Crippen LogP contribution in [-0.4, -0.2) is 0 Å². The average Bonchev–Trinajstić information content (AvgIpc) is 2.11. The van der Waals surface area contributed by atoms with Crippen molar-refractivity contribution < 1.29 is 0 Å². The van der Waals surface area contributed by atoms with Crippen LogP contribution in [0.25, 0.3) is 0 Å². The largest absolute Gasteiger partial charge is 0.0775 e. The Hall–Kier alpha value is 0.220. The third-order valence-corrected chi connectivity index (χ3v) is 3.12. The fraction of sp³-hybridized carbons (Fsp3) is 0.818. The van der Waals surface area contributed by atoms with E-state index in [1.54, 1.807) is 0 Å². The number of halogens is 1. The number of rotatable bonds is 6. The summed E-state index contributed by atoms with van der Waals surface area (Å²) in [6, 6.07) is 0.